The molecule has 1 aromatic heterocycles. The maximum absolute atomic E-state index is 10.8. The number of aromatic nitrogens is 3. The highest BCUT2D eigenvalue weighted by Gasteiger charge is 2.58. The van der Waals surface area contributed by atoms with Crippen molar-refractivity contribution in [1.29, 1.82) is 0 Å². The van der Waals surface area contributed by atoms with E-state index in [1.165, 1.54) is 19.3 Å². The second-order valence-corrected chi connectivity index (χ2v) is 5.63. The van der Waals surface area contributed by atoms with Crippen LogP contribution in [-0.2, 0) is 5.54 Å². The smallest absolute Gasteiger partial charge is 0.335 e. The van der Waals surface area contributed by atoms with Crippen molar-refractivity contribution in [3.8, 4) is 11.3 Å². The van der Waals surface area contributed by atoms with Crippen LogP contribution in [0.5, 0.6) is 0 Å². The van der Waals surface area contributed by atoms with Gasteiger partial charge in [0.05, 0.1) is 17.3 Å². The number of nitrogens with zero attached hydrogens (tertiary/aromatic N) is 3. The minimum absolute atomic E-state index is 0.247. The number of aromatic carboxylic acids is 1. The summed E-state index contributed by atoms with van der Waals surface area (Å²) in [6.45, 7) is 0. The predicted octanol–water partition coefficient (Wildman–Crippen LogP) is 2.15. The molecule has 0 amide bonds. The van der Waals surface area contributed by atoms with Crippen LogP contribution in [0.3, 0.4) is 0 Å². The first kappa shape index (κ1) is 10.7. The molecule has 2 aromatic rings. The molecule has 0 aliphatic heterocycles. The van der Waals surface area contributed by atoms with E-state index in [2.05, 4.69) is 10.3 Å². The van der Waals surface area contributed by atoms with Crippen LogP contribution in [0.2, 0.25) is 0 Å². The van der Waals surface area contributed by atoms with E-state index in [-0.39, 0.29) is 11.1 Å². The number of hydrogen-bond donors (Lipinski definition) is 1. The fourth-order valence-electron chi connectivity index (χ4n) is 3.12. The Labute approximate surface area is 109 Å². The van der Waals surface area contributed by atoms with Gasteiger partial charge in [-0.15, -0.1) is 5.10 Å². The summed E-state index contributed by atoms with van der Waals surface area (Å²) in [6, 6.07) is 6.75. The van der Waals surface area contributed by atoms with E-state index in [0.29, 0.717) is 0 Å². The Morgan fingerprint density at radius 3 is 2.47 bits per heavy atom. The largest absolute Gasteiger partial charge is 0.478 e. The van der Waals surface area contributed by atoms with Crippen molar-refractivity contribution in [2.45, 2.75) is 24.8 Å². The van der Waals surface area contributed by atoms with Gasteiger partial charge >= 0.3 is 5.97 Å². The molecule has 96 valence electrons. The molecule has 2 bridgehead atoms. The van der Waals surface area contributed by atoms with Gasteiger partial charge in [-0.2, -0.15) is 0 Å². The standard InChI is InChI=1S/C14H13N3O2/c18-13(19)11-3-1-10(2-4-11)12-8-17(16-15-12)14-5-9(6-14)7-14/h1-4,8-9H,5-7H2,(H,18,19). The summed E-state index contributed by atoms with van der Waals surface area (Å²) in [5.41, 5.74) is 2.25. The molecule has 1 heterocycles. The Morgan fingerprint density at radius 1 is 1.26 bits per heavy atom. The van der Waals surface area contributed by atoms with Crippen LogP contribution >= 0.6 is 0 Å². The molecule has 0 saturated heterocycles. The predicted molar refractivity (Wildman–Crippen MR) is 67.7 cm³/mol. The average Bonchev–Trinajstić information content (AvgIpc) is 2.74. The Hall–Kier alpha value is -2.17. The van der Waals surface area contributed by atoms with Crippen LogP contribution in [0.15, 0.2) is 30.5 Å². The van der Waals surface area contributed by atoms with E-state index in [9.17, 15) is 4.79 Å². The maximum atomic E-state index is 10.8. The van der Waals surface area contributed by atoms with Crippen molar-refractivity contribution in [2.24, 2.45) is 5.92 Å². The van der Waals surface area contributed by atoms with Crippen molar-refractivity contribution in [3.63, 3.8) is 0 Å². The first-order chi connectivity index (χ1) is 9.16. The molecule has 5 rings (SSSR count). The highest BCUT2D eigenvalue weighted by atomic mass is 16.4. The Bertz CT molecular complexity index is 643. The van der Waals surface area contributed by atoms with Crippen molar-refractivity contribution in [3.05, 3.63) is 36.0 Å². The number of benzene rings is 1. The van der Waals surface area contributed by atoms with Crippen LogP contribution in [-0.4, -0.2) is 26.1 Å². The molecule has 3 saturated carbocycles. The van der Waals surface area contributed by atoms with Gasteiger partial charge < -0.3 is 5.11 Å². The highest BCUT2D eigenvalue weighted by Crippen LogP contribution is 2.61. The third-order valence-electron chi connectivity index (χ3n) is 4.41. The lowest BCUT2D eigenvalue weighted by atomic mass is 9.50. The van der Waals surface area contributed by atoms with Gasteiger partial charge in [0.2, 0.25) is 0 Å². The summed E-state index contributed by atoms with van der Waals surface area (Å²) in [6.07, 6.45) is 5.67. The maximum Gasteiger partial charge on any atom is 0.335 e. The Morgan fingerprint density at radius 2 is 1.95 bits per heavy atom. The number of carbonyl (C=O) groups is 1. The summed E-state index contributed by atoms with van der Waals surface area (Å²) < 4.78 is 1.99. The molecule has 3 aliphatic carbocycles. The highest BCUT2D eigenvalue weighted by molar-refractivity contribution is 5.88. The number of carboxylic acid groups (broad SMARTS) is 1. The molecule has 0 radical (unpaired) electrons. The average molecular weight is 255 g/mol. The molecule has 1 N–H and O–H groups in total. The zero-order valence-corrected chi connectivity index (χ0v) is 10.3. The summed E-state index contributed by atoms with van der Waals surface area (Å²) in [5, 5.41) is 17.3. The molecule has 0 atom stereocenters. The van der Waals surface area contributed by atoms with E-state index in [0.717, 1.165) is 17.2 Å². The van der Waals surface area contributed by atoms with Crippen LogP contribution in [0.25, 0.3) is 11.3 Å². The van der Waals surface area contributed by atoms with Gasteiger partial charge in [0.1, 0.15) is 5.69 Å². The van der Waals surface area contributed by atoms with Crippen molar-refractivity contribution >= 4 is 5.97 Å². The zero-order valence-electron chi connectivity index (χ0n) is 10.3. The van der Waals surface area contributed by atoms with Gasteiger partial charge in [0, 0.05) is 5.56 Å². The SMILES string of the molecule is O=C(O)c1ccc(-c2cn(C34CC(C3)C4)nn2)cc1. The van der Waals surface area contributed by atoms with E-state index in [1.54, 1.807) is 24.3 Å². The summed E-state index contributed by atoms with van der Waals surface area (Å²) in [5.74, 6) is -0.00780. The van der Waals surface area contributed by atoms with E-state index < -0.39 is 5.97 Å². The van der Waals surface area contributed by atoms with Gasteiger partial charge in [-0.3, -0.25) is 0 Å². The van der Waals surface area contributed by atoms with Crippen LogP contribution < -0.4 is 0 Å². The molecule has 3 fully saturated rings. The van der Waals surface area contributed by atoms with Crippen molar-refractivity contribution in [2.75, 3.05) is 0 Å². The Balaban J connectivity index is 1.63. The first-order valence-corrected chi connectivity index (χ1v) is 6.43. The second-order valence-electron chi connectivity index (χ2n) is 5.63. The van der Waals surface area contributed by atoms with Crippen molar-refractivity contribution < 1.29 is 9.90 Å². The minimum atomic E-state index is -0.913. The molecule has 19 heavy (non-hydrogen) atoms. The third-order valence-corrected chi connectivity index (χ3v) is 4.41. The van der Waals surface area contributed by atoms with Gasteiger partial charge in [-0.1, -0.05) is 17.3 Å². The molecule has 0 unspecified atom stereocenters. The number of rotatable bonds is 3. The third kappa shape index (κ3) is 1.44. The summed E-state index contributed by atoms with van der Waals surface area (Å²) in [7, 11) is 0. The molecule has 1 aromatic carbocycles. The molecule has 3 aliphatic rings. The summed E-state index contributed by atoms with van der Waals surface area (Å²) >= 11 is 0. The lowest BCUT2D eigenvalue weighted by molar-refractivity contribution is -0.0988. The van der Waals surface area contributed by atoms with Crippen LogP contribution in [0, 0.1) is 5.92 Å². The lowest BCUT2D eigenvalue weighted by Gasteiger charge is -2.61. The van der Waals surface area contributed by atoms with E-state index in [1.807, 2.05) is 10.9 Å². The monoisotopic (exact) mass is 255 g/mol. The van der Waals surface area contributed by atoms with E-state index in [4.69, 9.17) is 5.11 Å². The molecular formula is C14H13N3O2. The fourth-order valence-corrected chi connectivity index (χ4v) is 3.12. The Kier molecular flexibility index (Phi) is 1.94. The van der Waals surface area contributed by atoms with Gasteiger partial charge in [-0.25, -0.2) is 9.48 Å². The van der Waals surface area contributed by atoms with Gasteiger partial charge in [-0.05, 0) is 37.3 Å². The van der Waals surface area contributed by atoms with Crippen LogP contribution in [0.1, 0.15) is 29.6 Å². The second kappa shape index (κ2) is 3.44. The lowest BCUT2D eigenvalue weighted by Crippen LogP contribution is -2.59. The molecule has 0 spiro atoms. The summed E-state index contributed by atoms with van der Waals surface area (Å²) in [4.78, 5) is 10.8. The number of hydrogen-bond acceptors (Lipinski definition) is 3. The first-order valence-electron chi connectivity index (χ1n) is 6.43. The van der Waals surface area contributed by atoms with Crippen molar-refractivity contribution in [1.82, 2.24) is 15.0 Å². The quantitative estimate of drug-likeness (QED) is 0.912. The fraction of sp³-hybridized carbons (Fsp3) is 0.357. The molecule has 5 nitrogen and oxygen atoms in total. The van der Waals surface area contributed by atoms with Crippen LogP contribution in [0.4, 0.5) is 0 Å². The normalized spacial score (nSPS) is 27.5. The molecular weight excluding hydrogens is 242 g/mol. The van der Waals surface area contributed by atoms with Gasteiger partial charge in [0.25, 0.3) is 0 Å². The van der Waals surface area contributed by atoms with Gasteiger partial charge in [0.15, 0.2) is 0 Å². The zero-order chi connectivity index (χ0) is 13.0. The van der Waals surface area contributed by atoms with E-state index >= 15 is 0 Å². The topological polar surface area (TPSA) is 68.0 Å². The molecule has 5 heteroatoms. The minimum Gasteiger partial charge on any atom is -0.478 e. The number of carboxylic acids is 1.